The summed E-state index contributed by atoms with van der Waals surface area (Å²) >= 11 is 5.77. The summed E-state index contributed by atoms with van der Waals surface area (Å²) in [6, 6.07) is 1.84. The fourth-order valence-corrected chi connectivity index (χ4v) is 0.838. The molecule has 0 aromatic carbocycles. The normalized spacial score (nSPS) is 16.8. The number of nitriles is 1. The van der Waals surface area contributed by atoms with Gasteiger partial charge in [-0.2, -0.15) is 5.26 Å². The molecule has 3 atom stereocenters. The highest BCUT2D eigenvalue weighted by molar-refractivity contribution is 6.20. The van der Waals surface area contributed by atoms with Gasteiger partial charge in [-0.1, -0.05) is 6.92 Å². The Bertz CT molecular complexity index is 210. The number of hydrogen-bond donors (Lipinski definition) is 1. The third-order valence-corrected chi connectivity index (χ3v) is 2.32. The second-order valence-electron chi connectivity index (χ2n) is 3.06. The van der Waals surface area contributed by atoms with E-state index in [9.17, 15) is 4.79 Å². The quantitative estimate of drug-likeness (QED) is 0.706. The predicted octanol–water partition coefficient (Wildman–Crippen LogP) is 1.67. The molecule has 0 rings (SSSR count). The first kappa shape index (κ1) is 12.2. The molecule has 13 heavy (non-hydrogen) atoms. The highest BCUT2D eigenvalue weighted by Gasteiger charge is 2.19. The molecule has 0 aromatic heterocycles. The Kier molecular flexibility index (Phi) is 5.48. The Balaban J connectivity index is 4.07. The molecule has 0 radical (unpaired) electrons. The van der Waals surface area contributed by atoms with Crippen LogP contribution in [0.15, 0.2) is 0 Å². The van der Waals surface area contributed by atoms with Crippen molar-refractivity contribution < 1.29 is 4.79 Å². The van der Waals surface area contributed by atoms with Gasteiger partial charge in [-0.15, -0.1) is 11.6 Å². The lowest BCUT2D eigenvalue weighted by molar-refractivity contribution is -0.124. The number of nitrogens with zero attached hydrogens (tertiary/aromatic N) is 1. The van der Waals surface area contributed by atoms with Crippen LogP contribution in [-0.4, -0.2) is 17.3 Å². The third-order valence-electron chi connectivity index (χ3n) is 1.94. The van der Waals surface area contributed by atoms with Crippen LogP contribution in [0.3, 0.4) is 0 Å². The minimum atomic E-state index is -0.558. The van der Waals surface area contributed by atoms with Crippen molar-refractivity contribution >= 4 is 17.5 Å². The smallest absolute Gasteiger partial charge is 0.237 e. The first-order chi connectivity index (χ1) is 6.02. The fourth-order valence-electron chi connectivity index (χ4n) is 0.775. The molecular weight excluding hydrogens is 188 g/mol. The summed E-state index contributed by atoms with van der Waals surface area (Å²) in [5.41, 5.74) is 0. The van der Waals surface area contributed by atoms with E-state index in [4.69, 9.17) is 16.9 Å². The fraction of sp³-hybridized carbons (Fsp3) is 0.778. The van der Waals surface area contributed by atoms with Gasteiger partial charge in [0.05, 0.1) is 11.4 Å². The topological polar surface area (TPSA) is 52.9 Å². The van der Waals surface area contributed by atoms with Crippen molar-refractivity contribution in [2.45, 2.75) is 38.6 Å². The first-order valence-electron chi connectivity index (χ1n) is 4.37. The van der Waals surface area contributed by atoms with E-state index in [1.54, 1.807) is 6.92 Å². The zero-order chi connectivity index (χ0) is 10.4. The summed E-state index contributed by atoms with van der Waals surface area (Å²) < 4.78 is 0. The molecule has 0 aromatic rings. The van der Waals surface area contributed by atoms with Crippen LogP contribution in [0.4, 0.5) is 0 Å². The van der Waals surface area contributed by atoms with Crippen LogP contribution in [0.1, 0.15) is 27.2 Å². The van der Waals surface area contributed by atoms with Crippen LogP contribution >= 0.6 is 11.6 Å². The molecule has 0 spiro atoms. The Hall–Kier alpha value is -0.750. The number of hydrogen-bond acceptors (Lipinski definition) is 2. The van der Waals surface area contributed by atoms with E-state index in [2.05, 4.69) is 5.32 Å². The van der Waals surface area contributed by atoms with Gasteiger partial charge < -0.3 is 5.32 Å². The van der Waals surface area contributed by atoms with Crippen molar-refractivity contribution in [1.82, 2.24) is 5.32 Å². The van der Waals surface area contributed by atoms with Crippen LogP contribution in [-0.2, 0) is 4.79 Å². The number of carbonyl (C=O) groups is 1. The Morgan fingerprint density at radius 1 is 1.62 bits per heavy atom. The Morgan fingerprint density at radius 3 is 2.46 bits per heavy atom. The number of alkyl halides is 1. The Labute approximate surface area is 84.1 Å². The van der Waals surface area contributed by atoms with Crippen LogP contribution in [0.25, 0.3) is 0 Å². The highest BCUT2D eigenvalue weighted by Crippen LogP contribution is 2.04. The van der Waals surface area contributed by atoms with E-state index < -0.39 is 5.92 Å². The maximum absolute atomic E-state index is 11.3. The van der Waals surface area contributed by atoms with E-state index in [0.29, 0.717) is 6.42 Å². The molecule has 2 unspecified atom stereocenters. The van der Waals surface area contributed by atoms with Gasteiger partial charge in [0, 0.05) is 6.04 Å². The van der Waals surface area contributed by atoms with Crippen molar-refractivity contribution in [2.75, 3.05) is 0 Å². The molecule has 0 fully saturated rings. The lowest BCUT2D eigenvalue weighted by Gasteiger charge is -2.17. The second kappa shape index (κ2) is 5.82. The van der Waals surface area contributed by atoms with E-state index in [1.165, 1.54) is 0 Å². The van der Waals surface area contributed by atoms with E-state index >= 15 is 0 Å². The van der Waals surface area contributed by atoms with Gasteiger partial charge in [0.1, 0.15) is 5.92 Å². The second-order valence-corrected chi connectivity index (χ2v) is 3.75. The molecule has 1 amide bonds. The van der Waals surface area contributed by atoms with E-state index in [1.807, 2.05) is 19.9 Å². The minimum absolute atomic E-state index is 0.100. The van der Waals surface area contributed by atoms with Gasteiger partial charge in [0.2, 0.25) is 5.91 Å². The van der Waals surface area contributed by atoms with Crippen molar-refractivity contribution in [3.05, 3.63) is 0 Å². The number of carbonyl (C=O) groups excluding carboxylic acids is 1. The summed E-state index contributed by atoms with van der Waals surface area (Å²) in [5.74, 6) is -0.789. The summed E-state index contributed by atoms with van der Waals surface area (Å²) in [5, 5.41) is 11.2. The molecule has 0 heterocycles. The van der Waals surface area contributed by atoms with Crippen LogP contribution in [0.2, 0.25) is 0 Å². The van der Waals surface area contributed by atoms with Crippen LogP contribution in [0.5, 0.6) is 0 Å². The van der Waals surface area contributed by atoms with Crippen molar-refractivity contribution in [3.8, 4) is 6.07 Å². The van der Waals surface area contributed by atoms with Crippen molar-refractivity contribution in [2.24, 2.45) is 5.92 Å². The summed E-state index contributed by atoms with van der Waals surface area (Å²) in [6.07, 6.45) is 0.533. The molecule has 1 N–H and O–H groups in total. The van der Waals surface area contributed by atoms with Crippen LogP contribution < -0.4 is 5.32 Å². The molecule has 0 saturated carbocycles. The highest BCUT2D eigenvalue weighted by atomic mass is 35.5. The van der Waals surface area contributed by atoms with Gasteiger partial charge >= 0.3 is 0 Å². The van der Waals surface area contributed by atoms with Crippen LogP contribution in [0, 0.1) is 17.2 Å². The molecule has 4 heteroatoms. The molecule has 0 bridgehead atoms. The number of amides is 1. The maximum Gasteiger partial charge on any atom is 0.237 e. The SMILES string of the molecule is CCC(C#N)C(=O)N[C@@H](C)C(C)Cl. The largest absolute Gasteiger partial charge is 0.351 e. The van der Waals surface area contributed by atoms with Gasteiger partial charge in [0.15, 0.2) is 0 Å². The Morgan fingerprint density at radius 2 is 2.15 bits per heavy atom. The first-order valence-corrected chi connectivity index (χ1v) is 4.80. The summed E-state index contributed by atoms with van der Waals surface area (Å²) in [7, 11) is 0. The molecule has 74 valence electrons. The monoisotopic (exact) mass is 202 g/mol. The van der Waals surface area contributed by atoms with Gasteiger partial charge in [-0.25, -0.2) is 0 Å². The molecule has 3 nitrogen and oxygen atoms in total. The number of halogens is 1. The van der Waals surface area contributed by atoms with Gasteiger partial charge in [-0.3, -0.25) is 4.79 Å². The summed E-state index contributed by atoms with van der Waals surface area (Å²) in [4.78, 5) is 11.3. The zero-order valence-corrected chi connectivity index (χ0v) is 8.93. The van der Waals surface area contributed by atoms with Crippen molar-refractivity contribution in [3.63, 3.8) is 0 Å². The molecule has 0 saturated heterocycles. The minimum Gasteiger partial charge on any atom is -0.351 e. The lowest BCUT2D eigenvalue weighted by atomic mass is 10.1. The lowest BCUT2D eigenvalue weighted by Crippen LogP contribution is -2.40. The number of rotatable bonds is 4. The standard InChI is InChI=1S/C9H15ClN2O/c1-4-8(5-11)9(13)12-7(3)6(2)10/h6-8H,4H2,1-3H3,(H,12,13)/t6?,7-,8?/m0/s1. The number of nitrogens with one attached hydrogen (secondary N) is 1. The van der Waals surface area contributed by atoms with E-state index in [0.717, 1.165) is 0 Å². The third kappa shape index (κ3) is 4.14. The van der Waals surface area contributed by atoms with Crippen molar-refractivity contribution in [1.29, 1.82) is 5.26 Å². The molecule has 0 aliphatic heterocycles. The maximum atomic E-state index is 11.3. The van der Waals surface area contributed by atoms with Gasteiger partial charge in [0.25, 0.3) is 0 Å². The molecule has 0 aliphatic carbocycles. The van der Waals surface area contributed by atoms with E-state index in [-0.39, 0.29) is 17.3 Å². The molecular formula is C9H15ClN2O. The summed E-state index contributed by atoms with van der Waals surface area (Å²) in [6.45, 7) is 5.43. The molecule has 0 aliphatic rings. The average Bonchev–Trinajstić information content (AvgIpc) is 2.06. The van der Waals surface area contributed by atoms with Gasteiger partial charge in [-0.05, 0) is 20.3 Å². The predicted molar refractivity (Wildman–Crippen MR) is 52.3 cm³/mol. The average molecular weight is 203 g/mol. The zero-order valence-electron chi connectivity index (χ0n) is 8.17.